The number of hydrogen-bond acceptors (Lipinski definition) is 3. The lowest BCUT2D eigenvalue weighted by atomic mass is 10.1. The van der Waals surface area contributed by atoms with Crippen LogP contribution in [0.2, 0.25) is 0 Å². The molecule has 3 amide bonds. The third-order valence-electron chi connectivity index (χ3n) is 4.08. The number of carbonyl (C=O) groups excluding carboxylic acids is 2. The molecule has 0 aliphatic carbocycles. The zero-order valence-electron chi connectivity index (χ0n) is 16.1. The van der Waals surface area contributed by atoms with Gasteiger partial charge in [0, 0.05) is 28.7 Å². The third kappa shape index (κ3) is 7.60. The number of rotatable bonds is 9. The van der Waals surface area contributed by atoms with Crippen LogP contribution >= 0.6 is 11.8 Å². The van der Waals surface area contributed by atoms with Gasteiger partial charge in [0.25, 0.3) is 5.91 Å². The van der Waals surface area contributed by atoms with E-state index >= 15 is 0 Å². The van der Waals surface area contributed by atoms with Gasteiger partial charge in [-0.15, -0.1) is 11.8 Å². The predicted molar refractivity (Wildman–Crippen MR) is 112 cm³/mol. The minimum Gasteiger partial charge on any atom is -0.350 e. The molecule has 7 heteroatoms. The minimum absolute atomic E-state index is 0.121. The van der Waals surface area contributed by atoms with Gasteiger partial charge in [-0.3, -0.25) is 4.79 Å². The first-order chi connectivity index (χ1) is 13.5. The second kappa shape index (κ2) is 11.3. The van der Waals surface area contributed by atoms with E-state index in [9.17, 15) is 14.0 Å². The maximum absolute atomic E-state index is 12.8. The molecule has 0 saturated heterocycles. The van der Waals surface area contributed by atoms with Crippen LogP contribution in [0, 0.1) is 5.82 Å². The van der Waals surface area contributed by atoms with Gasteiger partial charge in [0.15, 0.2) is 0 Å². The van der Waals surface area contributed by atoms with Crippen molar-refractivity contribution in [3.8, 4) is 0 Å². The zero-order chi connectivity index (χ0) is 20.4. The predicted octanol–water partition coefficient (Wildman–Crippen LogP) is 4.66. The Labute approximate surface area is 169 Å². The fourth-order valence-corrected chi connectivity index (χ4v) is 3.14. The summed E-state index contributed by atoms with van der Waals surface area (Å²) in [5.74, 6) is 0.460. The van der Waals surface area contributed by atoms with Crippen LogP contribution in [0.4, 0.5) is 14.9 Å². The molecule has 0 aliphatic heterocycles. The van der Waals surface area contributed by atoms with E-state index in [4.69, 9.17) is 0 Å². The van der Waals surface area contributed by atoms with Crippen LogP contribution < -0.4 is 16.0 Å². The van der Waals surface area contributed by atoms with Crippen molar-refractivity contribution < 1.29 is 14.0 Å². The van der Waals surface area contributed by atoms with E-state index in [2.05, 4.69) is 16.0 Å². The first-order valence-electron chi connectivity index (χ1n) is 9.32. The molecule has 5 nitrogen and oxygen atoms in total. The Hall–Kier alpha value is -2.54. The lowest BCUT2D eigenvalue weighted by molar-refractivity contribution is 0.0939. The molecule has 28 heavy (non-hydrogen) atoms. The summed E-state index contributed by atoms with van der Waals surface area (Å²) >= 11 is 1.62. The maximum atomic E-state index is 12.8. The van der Waals surface area contributed by atoms with Crippen LogP contribution in [0.1, 0.15) is 37.0 Å². The van der Waals surface area contributed by atoms with E-state index in [-0.39, 0.29) is 23.8 Å². The largest absolute Gasteiger partial charge is 0.350 e. The molecule has 0 radical (unpaired) electrons. The van der Waals surface area contributed by atoms with Gasteiger partial charge in [-0.1, -0.05) is 6.92 Å². The first kappa shape index (κ1) is 21.8. The number of hydrogen-bond donors (Lipinski definition) is 3. The third-order valence-corrected chi connectivity index (χ3v) is 5.18. The lowest BCUT2D eigenvalue weighted by Crippen LogP contribution is -2.32. The second-order valence-corrected chi connectivity index (χ2v) is 7.57. The number of halogens is 1. The van der Waals surface area contributed by atoms with E-state index in [1.165, 1.54) is 12.1 Å². The molecule has 2 rings (SSSR count). The molecule has 0 bridgehead atoms. The summed E-state index contributed by atoms with van der Waals surface area (Å²) in [6.07, 6.45) is 1.66. The van der Waals surface area contributed by atoms with Gasteiger partial charge >= 0.3 is 6.03 Å². The van der Waals surface area contributed by atoms with Crippen molar-refractivity contribution in [1.29, 1.82) is 0 Å². The second-order valence-electron chi connectivity index (χ2n) is 6.40. The summed E-state index contributed by atoms with van der Waals surface area (Å²) in [7, 11) is 0. The van der Waals surface area contributed by atoms with Crippen LogP contribution in [0.5, 0.6) is 0 Å². The first-order valence-corrected chi connectivity index (χ1v) is 10.3. The molecule has 0 saturated carbocycles. The molecule has 1 unspecified atom stereocenters. The monoisotopic (exact) mass is 403 g/mol. The van der Waals surface area contributed by atoms with E-state index in [0.29, 0.717) is 17.8 Å². The highest BCUT2D eigenvalue weighted by Gasteiger charge is 2.08. The highest BCUT2D eigenvalue weighted by molar-refractivity contribution is 7.99. The average Bonchev–Trinajstić information content (AvgIpc) is 2.69. The highest BCUT2D eigenvalue weighted by Crippen LogP contribution is 2.18. The molecule has 0 heterocycles. The van der Waals surface area contributed by atoms with Crippen molar-refractivity contribution in [2.45, 2.75) is 37.6 Å². The summed E-state index contributed by atoms with van der Waals surface area (Å²) < 4.78 is 12.8. The minimum atomic E-state index is -0.288. The van der Waals surface area contributed by atoms with Crippen LogP contribution in [0.15, 0.2) is 53.4 Å². The van der Waals surface area contributed by atoms with Crippen molar-refractivity contribution in [1.82, 2.24) is 10.6 Å². The van der Waals surface area contributed by atoms with Gasteiger partial charge in [0.2, 0.25) is 0 Å². The topological polar surface area (TPSA) is 70.2 Å². The summed E-state index contributed by atoms with van der Waals surface area (Å²) in [6, 6.07) is 13.0. The van der Waals surface area contributed by atoms with Gasteiger partial charge in [-0.05, 0) is 74.0 Å². The van der Waals surface area contributed by atoms with Gasteiger partial charge in [-0.2, -0.15) is 0 Å². The number of thioether (sulfide) groups is 1. The number of urea groups is 1. The quantitative estimate of drug-likeness (QED) is 0.421. The highest BCUT2D eigenvalue weighted by atomic mass is 32.2. The van der Waals surface area contributed by atoms with Crippen LogP contribution in [-0.4, -0.2) is 30.3 Å². The molecule has 0 spiro atoms. The van der Waals surface area contributed by atoms with Crippen LogP contribution in [0.25, 0.3) is 0 Å². The van der Waals surface area contributed by atoms with E-state index in [1.54, 1.807) is 48.2 Å². The van der Waals surface area contributed by atoms with Crippen LogP contribution in [-0.2, 0) is 0 Å². The van der Waals surface area contributed by atoms with Gasteiger partial charge in [0.05, 0.1) is 0 Å². The summed E-state index contributed by atoms with van der Waals surface area (Å²) in [4.78, 5) is 25.0. The molecule has 0 fully saturated rings. The van der Waals surface area contributed by atoms with Crippen molar-refractivity contribution >= 4 is 29.4 Å². The number of nitrogens with one attached hydrogen (secondary N) is 3. The molecule has 0 aromatic heterocycles. The average molecular weight is 404 g/mol. The molecular weight excluding hydrogens is 377 g/mol. The van der Waals surface area contributed by atoms with E-state index in [1.807, 2.05) is 13.8 Å². The van der Waals surface area contributed by atoms with E-state index < -0.39 is 0 Å². The fraction of sp³-hybridized carbons (Fsp3) is 0.333. The molecule has 1 atom stereocenters. The molecular formula is C21H26FN3O2S. The van der Waals surface area contributed by atoms with Crippen molar-refractivity contribution in [2.24, 2.45) is 0 Å². The Morgan fingerprint density at radius 1 is 1.07 bits per heavy atom. The summed E-state index contributed by atoms with van der Waals surface area (Å²) in [5.41, 5.74) is 1.18. The summed E-state index contributed by atoms with van der Waals surface area (Å²) in [5, 5.41) is 8.44. The SMILES string of the molecule is CCC(C)NC(=O)c1ccc(NC(=O)NCCCSc2ccc(F)cc2)cc1. The standard InChI is InChI=1S/C21H26FN3O2S/c1-3-15(2)24-20(26)16-5-9-18(10-6-16)25-21(27)23-13-4-14-28-19-11-7-17(22)8-12-19/h5-12,15H,3-4,13-14H2,1-2H3,(H,24,26)(H2,23,25,27). The van der Waals surface area contributed by atoms with Gasteiger partial charge in [0.1, 0.15) is 5.82 Å². The smallest absolute Gasteiger partial charge is 0.319 e. The Kier molecular flexibility index (Phi) is 8.81. The number of anilines is 1. The Bertz CT molecular complexity index is 766. The molecule has 150 valence electrons. The van der Waals surface area contributed by atoms with Gasteiger partial charge < -0.3 is 16.0 Å². The molecule has 0 aliphatic rings. The normalized spacial score (nSPS) is 11.5. The molecule has 2 aromatic rings. The van der Waals surface area contributed by atoms with Crippen LogP contribution in [0.3, 0.4) is 0 Å². The Morgan fingerprint density at radius 3 is 2.39 bits per heavy atom. The summed E-state index contributed by atoms with van der Waals surface area (Å²) in [6.45, 7) is 4.50. The molecule has 3 N–H and O–H groups in total. The van der Waals surface area contributed by atoms with E-state index in [0.717, 1.165) is 23.5 Å². The Morgan fingerprint density at radius 2 is 1.75 bits per heavy atom. The van der Waals surface area contributed by atoms with Crippen molar-refractivity contribution in [3.05, 3.63) is 59.9 Å². The number of benzene rings is 2. The maximum Gasteiger partial charge on any atom is 0.319 e. The number of amides is 3. The number of carbonyl (C=O) groups is 2. The van der Waals surface area contributed by atoms with Gasteiger partial charge in [-0.25, -0.2) is 9.18 Å². The van der Waals surface area contributed by atoms with Crippen molar-refractivity contribution in [2.75, 3.05) is 17.6 Å². The zero-order valence-corrected chi connectivity index (χ0v) is 16.9. The Balaban J connectivity index is 1.67. The van der Waals surface area contributed by atoms with Crippen molar-refractivity contribution in [3.63, 3.8) is 0 Å². The molecule has 2 aromatic carbocycles. The fourth-order valence-electron chi connectivity index (χ4n) is 2.28. The lowest BCUT2D eigenvalue weighted by Gasteiger charge is -2.12.